The summed E-state index contributed by atoms with van der Waals surface area (Å²) in [6.45, 7) is 5.47. The van der Waals surface area contributed by atoms with Crippen molar-refractivity contribution in [3.8, 4) is 5.75 Å². The van der Waals surface area contributed by atoms with E-state index in [1.165, 1.54) is 12.8 Å². The van der Waals surface area contributed by atoms with Crippen molar-refractivity contribution >= 4 is 17.6 Å². The van der Waals surface area contributed by atoms with Crippen LogP contribution in [0.5, 0.6) is 5.75 Å². The number of carboxylic acids is 1. The van der Waals surface area contributed by atoms with Crippen molar-refractivity contribution in [1.82, 2.24) is 4.90 Å². The summed E-state index contributed by atoms with van der Waals surface area (Å²) in [5, 5.41) is 9.01. The molecule has 2 heterocycles. The molecule has 1 aromatic carbocycles. The quantitative estimate of drug-likeness (QED) is 0.894. The highest BCUT2D eigenvalue weighted by molar-refractivity contribution is 6.01. The number of hydrogen-bond donors (Lipinski definition) is 1. The van der Waals surface area contributed by atoms with Gasteiger partial charge in [-0.1, -0.05) is 6.07 Å². The second-order valence-electron chi connectivity index (χ2n) is 6.21. The number of rotatable bonds is 5. The lowest BCUT2D eigenvalue weighted by Gasteiger charge is -2.35. The zero-order chi connectivity index (χ0) is 16.4. The van der Waals surface area contributed by atoms with Crippen molar-refractivity contribution in [3.05, 3.63) is 23.8 Å². The first-order chi connectivity index (χ1) is 11.0. The van der Waals surface area contributed by atoms with Crippen LogP contribution >= 0.6 is 0 Å². The van der Waals surface area contributed by atoms with Gasteiger partial charge >= 0.3 is 5.97 Å². The van der Waals surface area contributed by atoms with E-state index in [2.05, 4.69) is 4.90 Å². The highest BCUT2D eigenvalue weighted by Gasteiger charge is 2.36. The standard InChI is InChI=1S/C17H22N2O4/c1-12-4-5-14-13(10-12)19(9-8-18-6-2-3-7-18)17(22)15(23-14)11-16(20)21/h4-5,10,15H,2-3,6-9,11H2,1H3,(H,20,21). The summed E-state index contributed by atoms with van der Waals surface area (Å²) in [6.07, 6.45) is 1.15. The first-order valence-electron chi connectivity index (χ1n) is 8.07. The number of carbonyl (C=O) groups is 2. The third-order valence-electron chi connectivity index (χ3n) is 4.41. The lowest BCUT2D eigenvalue weighted by molar-refractivity contribution is -0.142. The molecule has 2 aliphatic rings. The fourth-order valence-electron chi connectivity index (χ4n) is 3.20. The van der Waals surface area contributed by atoms with Gasteiger partial charge in [0.25, 0.3) is 5.91 Å². The van der Waals surface area contributed by atoms with Gasteiger partial charge in [-0.3, -0.25) is 9.59 Å². The molecule has 1 fully saturated rings. The van der Waals surface area contributed by atoms with Gasteiger partial charge in [0.15, 0.2) is 6.10 Å². The molecule has 2 aliphatic heterocycles. The number of ether oxygens (including phenoxy) is 1. The Kier molecular flexibility index (Phi) is 4.52. The SMILES string of the molecule is Cc1ccc2c(c1)N(CCN1CCCC1)C(=O)C(CC(=O)O)O2. The summed E-state index contributed by atoms with van der Waals surface area (Å²) in [5.41, 5.74) is 1.79. The van der Waals surface area contributed by atoms with E-state index in [9.17, 15) is 9.59 Å². The van der Waals surface area contributed by atoms with Gasteiger partial charge < -0.3 is 19.6 Å². The van der Waals surface area contributed by atoms with Crippen molar-refractivity contribution in [2.24, 2.45) is 0 Å². The molecule has 0 saturated carbocycles. The van der Waals surface area contributed by atoms with Gasteiger partial charge in [-0.15, -0.1) is 0 Å². The van der Waals surface area contributed by atoms with Crippen LogP contribution in [-0.4, -0.2) is 54.2 Å². The Labute approximate surface area is 135 Å². The number of hydrogen-bond acceptors (Lipinski definition) is 4. The number of carbonyl (C=O) groups excluding carboxylic acids is 1. The van der Waals surface area contributed by atoms with E-state index in [0.29, 0.717) is 12.3 Å². The van der Waals surface area contributed by atoms with Crippen LogP contribution in [0.25, 0.3) is 0 Å². The second-order valence-corrected chi connectivity index (χ2v) is 6.21. The Hall–Kier alpha value is -2.08. The first kappa shape index (κ1) is 15.8. The van der Waals surface area contributed by atoms with Crippen molar-refractivity contribution < 1.29 is 19.4 Å². The predicted octanol–water partition coefficient (Wildman–Crippen LogP) is 1.66. The number of aliphatic carboxylic acids is 1. The van der Waals surface area contributed by atoms with Crippen molar-refractivity contribution in [1.29, 1.82) is 0 Å². The largest absolute Gasteiger partial charge is 0.481 e. The molecule has 0 bridgehead atoms. The van der Waals surface area contributed by atoms with Crippen LogP contribution in [-0.2, 0) is 9.59 Å². The Morgan fingerprint density at radius 2 is 2.04 bits per heavy atom. The molecule has 1 amide bonds. The molecule has 23 heavy (non-hydrogen) atoms. The van der Waals surface area contributed by atoms with Gasteiger partial charge in [0.1, 0.15) is 5.75 Å². The van der Waals surface area contributed by atoms with Crippen LogP contribution in [0.15, 0.2) is 18.2 Å². The lowest BCUT2D eigenvalue weighted by atomic mass is 10.1. The third kappa shape index (κ3) is 3.47. The number of fused-ring (bicyclic) bond motifs is 1. The van der Waals surface area contributed by atoms with Crippen molar-refractivity contribution in [2.75, 3.05) is 31.1 Å². The molecular weight excluding hydrogens is 296 g/mol. The number of amides is 1. The Balaban J connectivity index is 1.82. The summed E-state index contributed by atoms with van der Waals surface area (Å²) in [4.78, 5) is 27.7. The van der Waals surface area contributed by atoms with Gasteiger partial charge in [-0.05, 0) is 50.6 Å². The molecule has 6 nitrogen and oxygen atoms in total. The van der Waals surface area contributed by atoms with Crippen LogP contribution in [0.1, 0.15) is 24.8 Å². The molecule has 1 unspecified atom stereocenters. The number of carboxylic acid groups (broad SMARTS) is 1. The number of aryl methyl sites for hydroxylation is 1. The van der Waals surface area contributed by atoms with Gasteiger partial charge in [-0.25, -0.2) is 0 Å². The van der Waals surface area contributed by atoms with E-state index in [1.54, 1.807) is 4.90 Å². The molecular formula is C17H22N2O4. The van der Waals surface area contributed by atoms with E-state index in [1.807, 2.05) is 25.1 Å². The molecule has 1 saturated heterocycles. The average Bonchev–Trinajstić information content (AvgIpc) is 3.01. The van der Waals surface area contributed by atoms with E-state index < -0.39 is 12.1 Å². The van der Waals surface area contributed by atoms with Gasteiger partial charge in [0, 0.05) is 13.1 Å². The third-order valence-corrected chi connectivity index (χ3v) is 4.41. The van der Waals surface area contributed by atoms with E-state index in [4.69, 9.17) is 9.84 Å². The van der Waals surface area contributed by atoms with Crippen LogP contribution in [0.2, 0.25) is 0 Å². The molecule has 1 atom stereocenters. The van der Waals surface area contributed by atoms with Crippen molar-refractivity contribution in [3.63, 3.8) is 0 Å². The zero-order valence-corrected chi connectivity index (χ0v) is 13.3. The number of nitrogens with zero attached hydrogens (tertiary/aromatic N) is 2. The zero-order valence-electron chi connectivity index (χ0n) is 13.3. The highest BCUT2D eigenvalue weighted by atomic mass is 16.5. The summed E-state index contributed by atoms with van der Waals surface area (Å²) < 4.78 is 5.63. The smallest absolute Gasteiger partial charge is 0.307 e. The van der Waals surface area contributed by atoms with Gasteiger partial charge in [0.2, 0.25) is 0 Å². The molecule has 3 rings (SSSR count). The molecule has 0 aliphatic carbocycles. The highest BCUT2D eigenvalue weighted by Crippen LogP contribution is 2.35. The number of anilines is 1. The van der Waals surface area contributed by atoms with Crippen LogP contribution in [0.4, 0.5) is 5.69 Å². The van der Waals surface area contributed by atoms with Crippen LogP contribution < -0.4 is 9.64 Å². The van der Waals surface area contributed by atoms with E-state index in [-0.39, 0.29) is 12.3 Å². The fourth-order valence-corrected chi connectivity index (χ4v) is 3.20. The summed E-state index contributed by atoms with van der Waals surface area (Å²) in [6, 6.07) is 5.65. The lowest BCUT2D eigenvalue weighted by Crippen LogP contribution is -2.49. The first-order valence-corrected chi connectivity index (χ1v) is 8.07. The van der Waals surface area contributed by atoms with Crippen LogP contribution in [0.3, 0.4) is 0 Å². The Morgan fingerprint density at radius 3 is 2.74 bits per heavy atom. The molecule has 0 aromatic heterocycles. The summed E-state index contributed by atoms with van der Waals surface area (Å²) >= 11 is 0. The van der Waals surface area contributed by atoms with Gasteiger partial charge in [0.05, 0.1) is 12.1 Å². The van der Waals surface area contributed by atoms with Crippen LogP contribution in [0, 0.1) is 6.92 Å². The molecule has 1 N–H and O–H groups in total. The maximum atomic E-state index is 12.7. The molecule has 6 heteroatoms. The molecule has 0 radical (unpaired) electrons. The number of benzene rings is 1. The molecule has 1 aromatic rings. The normalized spacial score (nSPS) is 21.2. The Morgan fingerprint density at radius 1 is 1.30 bits per heavy atom. The van der Waals surface area contributed by atoms with E-state index >= 15 is 0 Å². The molecule has 0 spiro atoms. The molecule has 124 valence electrons. The van der Waals surface area contributed by atoms with E-state index in [0.717, 1.165) is 30.9 Å². The number of likely N-dealkylation sites (tertiary alicyclic amines) is 1. The summed E-state index contributed by atoms with van der Waals surface area (Å²) in [5.74, 6) is -0.703. The predicted molar refractivity (Wildman–Crippen MR) is 85.9 cm³/mol. The average molecular weight is 318 g/mol. The fraction of sp³-hybridized carbons (Fsp3) is 0.529. The maximum absolute atomic E-state index is 12.7. The second kappa shape index (κ2) is 6.58. The van der Waals surface area contributed by atoms with Crippen molar-refractivity contribution in [2.45, 2.75) is 32.3 Å². The minimum atomic E-state index is -1.03. The minimum Gasteiger partial charge on any atom is -0.481 e. The topological polar surface area (TPSA) is 70.1 Å². The van der Waals surface area contributed by atoms with Gasteiger partial charge in [-0.2, -0.15) is 0 Å². The monoisotopic (exact) mass is 318 g/mol. The summed E-state index contributed by atoms with van der Waals surface area (Å²) in [7, 11) is 0. The Bertz CT molecular complexity index is 611. The minimum absolute atomic E-state index is 0.260. The maximum Gasteiger partial charge on any atom is 0.307 e.